The Hall–Kier alpha value is -0.810. The summed E-state index contributed by atoms with van der Waals surface area (Å²) in [6.45, 7) is 1.01. The molecule has 1 amide bonds. The van der Waals surface area contributed by atoms with E-state index in [2.05, 4.69) is 0 Å². The van der Waals surface area contributed by atoms with Crippen LogP contribution in [0.25, 0.3) is 0 Å². The molecule has 1 atom stereocenters. The van der Waals surface area contributed by atoms with Crippen LogP contribution in [0.15, 0.2) is 0 Å². The van der Waals surface area contributed by atoms with Crippen LogP contribution in [0.1, 0.15) is 13.3 Å². The van der Waals surface area contributed by atoms with Crippen molar-refractivity contribution in [3.05, 3.63) is 0 Å². The summed E-state index contributed by atoms with van der Waals surface area (Å²) in [6.07, 6.45) is -0.987. The van der Waals surface area contributed by atoms with Crippen LogP contribution in [0.4, 0.5) is 17.6 Å². The van der Waals surface area contributed by atoms with Crippen molar-refractivity contribution in [1.82, 2.24) is 5.32 Å². The summed E-state index contributed by atoms with van der Waals surface area (Å²) in [7, 11) is 0. The fourth-order valence-electron chi connectivity index (χ4n) is 1.03. The minimum Gasteiger partial charge on any atom is -0.347 e. The van der Waals surface area contributed by atoms with E-state index >= 15 is 0 Å². The zero-order valence-electron chi connectivity index (χ0n) is 6.20. The Kier molecular flexibility index (Phi) is 1.81. The lowest BCUT2D eigenvalue weighted by molar-refractivity contribution is -0.292. The third-order valence-corrected chi connectivity index (χ3v) is 1.76. The highest BCUT2D eigenvalue weighted by molar-refractivity contribution is 5.73. The Morgan fingerprint density at radius 2 is 1.92 bits per heavy atom. The van der Waals surface area contributed by atoms with Gasteiger partial charge in [-0.2, -0.15) is 17.6 Å². The normalized spacial score (nSPS) is 30.6. The summed E-state index contributed by atoms with van der Waals surface area (Å²) in [6, 6.07) is -1.72. The van der Waals surface area contributed by atoms with Gasteiger partial charge in [0.25, 0.3) is 0 Å². The van der Waals surface area contributed by atoms with Crippen LogP contribution < -0.4 is 5.32 Å². The van der Waals surface area contributed by atoms with Crippen molar-refractivity contribution in [1.29, 1.82) is 0 Å². The molecular weight excluding hydrogens is 178 g/mol. The molecule has 0 saturated heterocycles. The van der Waals surface area contributed by atoms with Gasteiger partial charge in [-0.05, 0) is 0 Å². The molecule has 1 aliphatic carbocycles. The summed E-state index contributed by atoms with van der Waals surface area (Å²) in [5, 5.41) is 1.76. The monoisotopic (exact) mass is 185 g/mol. The van der Waals surface area contributed by atoms with Gasteiger partial charge in [-0.3, -0.25) is 4.79 Å². The molecule has 0 aliphatic heterocycles. The predicted molar refractivity (Wildman–Crippen MR) is 32.1 cm³/mol. The number of rotatable bonds is 1. The Labute approximate surface area is 65.9 Å². The highest BCUT2D eigenvalue weighted by Gasteiger charge is 2.72. The zero-order chi connectivity index (χ0) is 9.57. The first-order chi connectivity index (χ1) is 5.27. The lowest BCUT2D eigenvalue weighted by atomic mass is 9.83. The van der Waals surface area contributed by atoms with Crippen LogP contribution in [0.2, 0.25) is 0 Å². The minimum absolute atomic E-state index is 0.727. The summed E-state index contributed by atoms with van der Waals surface area (Å²) >= 11 is 0. The molecule has 0 heterocycles. The van der Waals surface area contributed by atoms with Crippen molar-refractivity contribution in [2.75, 3.05) is 0 Å². The van der Waals surface area contributed by atoms with E-state index in [1.807, 2.05) is 0 Å². The van der Waals surface area contributed by atoms with E-state index in [0.717, 1.165) is 6.92 Å². The highest BCUT2D eigenvalue weighted by atomic mass is 19.3. The number of hydrogen-bond donors (Lipinski definition) is 1. The van der Waals surface area contributed by atoms with Gasteiger partial charge in [0.05, 0.1) is 0 Å². The number of carbonyl (C=O) groups excluding carboxylic acids is 1. The van der Waals surface area contributed by atoms with Crippen LogP contribution in [0.3, 0.4) is 0 Å². The molecular formula is C6H7F4NO. The fraction of sp³-hybridized carbons (Fsp3) is 0.833. The summed E-state index contributed by atoms with van der Waals surface area (Å²) in [5.74, 6) is -8.80. The SMILES string of the molecule is CC(=O)NC1CC(F)(F)C1(F)F. The maximum Gasteiger partial charge on any atom is 0.330 e. The maximum atomic E-state index is 12.4. The minimum atomic E-state index is -4.10. The average molecular weight is 185 g/mol. The molecule has 0 aromatic carbocycles. The largest absolute Gasteiger partial charge is 0.347 e. The lowest BCUT2D eigenvalue weighted by Gasteiger charge is -2.43. The van der Waals surface area contributed by atoms with E-state index in [0.29, 0.717) is 0 Å². The van der Waals surface area contributed by atoms with E-state index in [1.54, 1.807) is 5.32 Å². The highest BCUT2D eigenvalue weighted by Crippen LogP contribution is 2.50. The van der Waals surface area contributed by atoms with Crippen molar-refractivity contribution in [3.8, 4) is 0 Å². The molecule has 0 aromatic heterocycles. The zero-order valence-corrected chi connectivity index (χ0v) is 6.20. The van der Waals surface area contributed by atoms with Crippen molar-refractivity contribution in [3.63, 3.8) is 0 Å². The van der Waals surface area contributed by atoms with Gasteiger partial charge in [-0.1, -0.05) is 0 Å². The van der Waals surface area contributed by atoms with Crippen molar-refractivity contribution >= 4 is 5.91 Å². The van der Waals surface area contributed by atoms with Gasteiger partial charge < -0.3 is 5.32 Å². The summed E-state index contributed by atoms with van der Waals surface area (Å²) < 4.78 is 49.0. The number of carbonyl (C=O) groups is 1. The molecule has 6 heteroatoms. The first kappa shape index (κ1) is 9.28. The van der Waals surface area contributed by atoms with Gasteiger partial charge in [0.1, 0.15) is 6.04 Å². The van der Waals surface area contributed by atoms with Crippen LogP contribution >= 0.6 is 0 Å². The molecule has 0 bridgehead atoms. The van der Waals surface area contributed by atoms with E-state index in [-0.39, 0.29) is 0 Å². The van der Waals surface area contributed by atoms with Crippen LogP contribution in [0, 0.1) is 0 Å². The number of amides is 1. The van der Waals surface area contributed by atoms with E-state index < -0.39 is 30.2 Å². The number of halogens is 4. The van der Waals surface area contributed by atoms with Gasteiger partial charge in [0, 0.05) is 13.3 Å². The standard InChI is InChI=1S/C6H7F4NO/c1-3(12)11-4-2-5(7,8)6(4,9)10/h4H,2H2,1H3,(H,11,12). The number of nitrogens with one attached hydrogen (secondary N) is 1. The molecule has 2 nitrogen and oxygen atoms in total. The van der Waals surface area contributed by atoms with Crippen molar-refractivity contribution in [2.24, 2.45) is 0 Å². The Balaban J connectivity index is 2.60. The van der Waals surface area contributed by atoms with Crippen LogP contribution in [-0.2, 0) is 4.79 Å². The van der Waals surface area contributed by atoms with Crippen molar-refractivity contribution in [2.45, 2.75) is 31.2 Å². The molecule has 0 radical (unpaired) electrons. The molecule has 0 aromatic rings. The molecule has 1 N–H and O–H groups in total. The van der Waals surface area contributed by atoms with E-state index in [1.165, 1.54) is 0 Å². The molecule has 1 fully saturated rings. The number of alkyl halides is 4. The van der Waals surface area contributed by atoms with E-state index in [4.69, 9.17) is 0 Å². The molecule has 12 heavy (non-hydrogen) atoms. The van der Waals surface area contributed by atoms with Gasteiger partial charge in [0.2, 0.25) is 5.91 Å². The third kappa shape index (κ3) is 1.15. The summed E-state index contributed by atoms with van der Waals surface area (Å²) in [5.41, 5.74) is 0. The van der Waals surface area contributed by atoms with Crippen LogP contribution in [0.5, 0.6) is 0 Å². The van der Waals surface area contributed by atoms with Gasteiger partial charge >= 0.3 is 11.8 Å². The molecule has 1 unspecified atom stereocenters. The lowest BCUT2D eigenvalue weighted by Crippen LogP contribution is -2.68. The predicted octanol–water partition coefficient (Wildman–Crippen LogP) is 1.17. The Bertz CT molecular complexity index is 216. The first-order valence-electron chi connectivity index (χ1n) is 3.30. The molecule has 1 aliphatic rings. The fourth-order valence-corrected chi connectivity index (χ4v) is 1.03. The molecule has 1 rings (SSSR count). The maximum absolute atomic E-state index is 12.4. The molecule has 70 valence electrons. The quantitative estimate of drug-likeness (QED) is 0.610. The van der Waals surface area contributed by atoms with Gasteiger partial charge in [-0.25, -0.2) is 0 Å². The van der Waals surface area contributed by atoms with Gasteiger partial charge in [0.15, 0.2) is 0 Å². The first-order valence-corrected chi connectivity index (χ1v) is 3.30. The average Bonchev–Trinajstić information content (AvgIpc) is 1.85. The van der Waals surface area contributed by atoms with Crippen LogP contribution in [-0.4, -0.2) is 23.8 Å². The second-order valence-electron chi connectivity index (χ2n) is 2.78. The molecule has 0 spiro atoms. The number of hydrogen-bond acceptors (Lipinski definition) is 1. The van der Waals surface area contributed by atoms with Gasteiger partial charge in [-0.15, -0.1) is 0 Å². The van der Waals surface area contributed by atoms with E-state index in [9.17, 15) is 22.4 Å². The third-order valence-electron chi connectivity index (χ3n) is 1.76. The Morgan fingerprint density at radius 3 is 2.17 bits per heavy atom. The topological polar surface area (TPSA) is 29.1 Å². The smallest absolute Gasteiger partial charge is 0.330 e. The second kappa shape index (κ2) is 2.34. The summed E-state index contributed by atoms with van der Waals surface area (Å²) in [4.78, 5) is 10.3. The Morgan fingerprint density at radius 1 is 1.42 bits per heavy atom. The molecule has 1 saturated carbocycles. The van der Waals surface area contributed by atoms with Crippen molar-refractivity contribution < 1.29 is 22.4 Å². The second-order valence-corrected chi connectivity index (χ2v) is 2.78.